The van der Waals surface area contributed by atoms with E-state index in [-0.39, 0.29) is 5.54 Å². The Labute approximate surface area is 132 Å². The van der Waals surface area contributed by atoms with E-state index >= 15 is 0 Å². The zero-order valence-corrected chi connectivity index (χ0v) is 13.9. The maximum atomic E-state index is 6.14. The molecule has 0 radical (unpaired) electrons. The monoisotopic (exact) mass is 302 g/mol. The van der Waals surface area contributed by atoms with E-state index in [0.29, 0.717) is 6.54 Å². The SMILES string of the molecule is CCN(Cc1cccs1)C(C)(CN)CCc1ccccc1. The highest BCUT2D eigenvalue weighted by atomic mass is 32.1. The van der Waals surface area contributed by atoms with Crippen molar-refractivity contribution in [3.05, 3.63) is 58.3 Å². The van der Waals surface area contributed by atoms with Crippen molar-refractivity contribution < 1.29 is 0 Å². The van der Waals surface area contributed by atoms with Gasteiger partial charge in [0.05, 0.1) is 0 Å². The molecule has 1 heterocycles. The molecule has 2 N–H and O–H groups in total. The van der Waals surface area contributed by atoms with Crippen molar-refractivity contribution in [3.63, 3.8) is 0 Å². The highest BCUT2D eigenvalue weighted by molar-refractivity contribution is 7.09. The van der Waals surface area contributed by atoms with Crippen LogP contribution in [-0.4, -0.2) is 23.5 Å². The summed E-state index contributed by atoms with van der Waals surface area (Å²) in [5.74, 6) is 0. The van der Waals surface area contributed by atoms with Gasteiger partial charge in [-0.25, -0.2) is 0 Å². The van der Waals surface area contributed by atoms with Crippen LogP contribution in [0.3, 0.4) is 0 Å². The zero-order chi connectivity index (χ0) is 15.1. The highest BCUT2D eigenvalue weighted by Crippen LogP contribution is 2.24. The van der Waals surface area contributed by atoms with Gasteiger partial charge in [-0.2, -0.15) is 0 Å². The summed E-state index contributed by atoms with van der Waals surface area (Å²) in [6.07, 6.45) is 2.17. The van der Waals surface area contributed by atoms with Gasteiger partial charge in [0.2, 0.25) is 0 Å². The summed E-state index contributed by atoms with van der Waals surface area (Å²) < 4.78 is 0. The first-order valence-electron chi connectivity index (χ1n) is 7.69. The van der Waals surface area contributed by atoms with Gasteiger partial charge in [0.1, 0.15) is 0 Å². The van der Waals surface area contributed by atoms with Gasteiger partial charge in [-0.3, -0.25) is 4.90 Å². The number of thiophene rings is 1. The molecule has 0 saturated carbocycles. The van der Waals surface area contributed by atoms with Crippen molar-refractivity contribution in [3.8, 4) is 0 Å². The molecule has 0 amide bonds. The molecule has 0 saturated heterocycles. The van der Waals surface area contributed by atoms with Crippen molar-refractivity contribution in [2.45, 2.75) is 38.8 Å². The van der Waals surface area contributed by atoms with Crippen molar-refractivity contribution in [2.75, 3.05) is 13.1 Å². The lowest BCUT2D eigenvalue weighted by molar-refractivity contribution is 0.101. The first kappa shape index (κ1) is 16.2. The Bertz CT molecular complexity index is 509. The molecular formula is C18H26N2S. The Morgan fingerprint density at radius 1 is 1.14 bits per heavy atom. The number of nitrogens with zero attached hydrogens (tertiary/aromatic N) is 1. The third-order valence-electron chi connectivity index (χ3n) is 4.31. The van der Waals surface area contributed by atoms with Gasteiger partial charge < -0.3 is 5.73 Å². The van der Waals surface area contributed by atoms with E-state index in [1.165, 1.54) is 10.4 Å². The van der Waals surface area contributed by atoms with Crippen molar-refractivity contribution in [2.24, 2.45) is 5.73 Å². The second kappa shape index (κ2) is 7.74. The average molecular weight is 302 g/mol. The highest BCUT2D eigenvalue weighted by Gasteiger charge is 2.29. The molecule has 114 valence electrons. The summed E-state index contributed by atoms with van der Waals surface area (Å²) in [6.45, 7) is 7.24. The Balaban J connectivity index is 2.03. The molecule has 1 aromatic heterocycles. The van der Waals surface area contributed by atoms with Crippen LogP contribution in [0.15, 0.2) is 47.8 Å². The molecule has 0 spiro atoms. The molecule has 1 atom stereocenters. The minimum absolute atomic E-state index is 0.0502. The Morgan fingerprint density at radius 2 is 1.90 bits per heavy atom. The molecule has 3 heteroatoms. The fourth-order valence-electron chi connectivity index (χ4n) is 2.72. The van der Waals surface area contributed by atoms with Crippen molar-refractivity contribution in [1.29, 1.82) is 0 Å². The number of aryl methyl sites for hydroxylation is 1. The predicted octanol–water partition coefficient (Wildman–Crippen LogP) is 3.92. The lowest BCUT2D eigenvalue weighted by atomic mass is 9.91. The van der Waals surface area contributed by atoms with Crippen LogP contribution in [0.25, 0.3) is 0 Å². The van der Waals surface area contributed by atoms with E-state index in [1.807, 2.05) is 11.3 Å². The number of nitrogens with two attached hydrogens (primary N) is 1. The van der Waals surface area contributed by atoms with Crippen LogP contribution in [-0.2, 0) is 13.0 Å². The van der Waals surface area contributed by atoms with Gasteiger partial charge in [-0.1, -0.05) is 43.3 Å². The maximum absolute atomic E-state index is 6.14. The molecule has 1 unspecified atom stereocenters. The second-order valence-electron chi connectivity index (χ2n) is 5.78. The number of rotatable bonds is 8. The molecule has 2 rings (SSSR count). The van der Waals surface area contributed by atoms with Crippen LogP contribution >= 0.6 is 11.3 Å². The maximum Gasteiger partial charge on any atom is 0.0333 e. The minimum Gasteiger partial charge on any atom is -0.329 e. The second-order valence-corrected chi connectivity index (χ2v) is 6.81. The summed E-state index contributed by atoms with van der Waals surface area (Å²) in [7, 11) is 0. The lowest BCUT2D eigenvalue weighted by Gasteiger charge is -2.40. The first-order chi connectivity index (χ1) is 10.2. The smallest absolute Gasteiger partial charge is 0.0333 e. The fourth-order valence-corrected chi connectivity index (χ4v) is 3.44. The fraction of sp³-hybridized carbons (Fsp3) is 0.444. The molecule has 0 aliphatic carbocycles. The van der Waals surface area contributed by atoms with Crippen LogP contribution in [0.1, 0.15) is 30.7 Å². The Morgan fingerprint density at radius 3 is 2.48 bits per heavy atom. The lowest BCUT2D eigenvalue weighted by Crippen LogP contribution is -2.51. The summed E-state index contributed by atoms with van der Waals surface area (Å²) >= 11 is 1.83. The largest absolute Gasteiger partial charge is 0.329 e. The molecule has 0 bridgehead atoms. The molecule has 1 aromatic carbocycles. The average Bonchev–Trinajstić information content (AvgIpc) is 3.04. The van der Waals surface area contributed by atoms with Gasteiger partial charge in [0.25, 0.3) is 0 Å². The van der Waals surface area contributed by atoms with Crippen LogP contribution in [0, 0.1) is 0 Å². The van der Waals surface area contributed by atoms with Crippen molar-refractivity contribution in [1.82, 2.24) is 4.90 Å². The number of hydrogen-bond donors (Lipinski definition) is 1. The number of likely N-dealkylation sites (N-methyl/N-ethyl adjacent to an activating group) is 1. The van der Waals surface area contributed by atoms with Crippen LogP contribution in [0.2, 0.25) is 0 Å². The molecular weight excluding hydrogens is 276 g/mol. The minimum atomic E-state index is 0.0502. The zero-order valence-electron chi connectivity index (χ0n) is 13.1. The summed E-state index contributed by atoms with van der Waals surface area (Å²) in [4.78, 5) is 3.93. The molecule has 0 aliphatic rings. The molecule has 21 heavy (non-hydrogen) atoms. The van der Waals surface area contributed by atoms with Crippen molar-refractivity contribution >= 4 is 11.3 Å². The standard InChI is InChI=1S/C18H26N2S/c1-3-20(14-17-10-7-13-21-17)18(2,15-19)12-11-16-8-5-4-6-9-16/h4-10,13H,3,11-12,14-15,19H2,1-2H3. The summed E-state index contributed by atoms with van der Waals surface area (Å²) in [5.41, 5.74) is 7.58. The van der Waals surface area contributed by atoms with Crippen LogP contribution < -0.4 is 5.73 Å². The Hall–Kier alpha value is -1.16. The van der Waals surface area contributed by atoms with E-state index in [9.17, 15) is 0 Å². The molecule has 0 fully saturated rings. The van der Waals surface area contributed by atoms with Gasteiger partial charge in [0.15, 0.2) is 0 Å². The summed E-state index contributed by atoms with van der Waals surface area (Å²) in [5, 5.41) is 2.15. The van der Waals surface area contributed by atoms with Gasteiger partial charge in [0, 0.05) is 23.5 Å². The van der Waals surface area contributed by atoms with Crippen LogP contribution in [0.4, 0.5) is 0 Å². The predicted molar refractivity (Wildman–Crippen MR) is 92.6 cm³/mol. The molecule has 2 nitrogen and oxygen atoms in total. The third-order valence-corrected chi connectivity index (χ3v) is 5.17. The normalized spacial score (nSPS) is 14.3. The molecule has 0 aliphatic heterocycles. The van der Waals surface area contributed by atoms with E-state index in [2.05, 4.69) is 66.6 Å². The van der Waals surface area contributed by atoms with Crippen LogP contribution in [0.5, 0.6) is 0 Å². The Kier molecular flexibility index (Phi) is 5.97. The van der Waals surface area contributed by atoms with E-state index in [4.69, 9.17) is 5.73 Å². The first-order valence-corrected chi connectivity index (χ1v) is 8.57. The summed E-state index contributed by atoms with van der Waals surface area (Å²) in [6, 6.07) is 15.0. The molecule has 2 aromatic rings. The van der Waals surface area contributed by atoms with Gasteiger partial charge in [-0.15, -0.1) is 11.3 Å². The quantitative estimate of drug-likeness (QED) is 0.801. The van der Waals surface area contributed by atoms with E-state index < -0.39 is 0 Å². The van der Waals surface area contributed by atoms with E-state index in [0.717, 1.165) is 25.9 Å². The topological polar surface area (TPSA) is 29.3 Å². The van der Waals surface area contributed by atoms with E-state index in [1.54, 1.807) is 0 Å². The van der Waals surface area contributed by atoms with Gasteiger partial charge in [-0.05, 0) is 43.3 Å². The third kappa shape index (κ3) is 4.40. The number of hydrogen-bond acceptors (Lipinski definition) is 3. The number of benzene rings is 1. The van der Waals surface area contributed by atoms with Gasteiger partial charge >= 0.3 is 0 Å².